The molecule has 36 heavy (non-hydrogen) atoms. The minimum Gasteiger partial charge on any atom is -0.463 e. The van der Waals surface area contributed by atoms with Gasteiger partial charge in [0.25, 0.3) is 0 Å². The van der Waals surface area contributed by atoms with E-state index in [1.54, 1.807) is 13.0 Å². The molecular weight excluding hydrogens is 450 g/mol. The summed E-state index contributed by atoms with van der Waals surface area (Å²) < 4.78 is 11.2. The number of esters is 1. The second-order valence-corrected chi connectivity index (χ2v) is 10.6. The summed E-state index contributed by atoms with van der Waals surface area (Å²) in [4.78, 5) is 11.8. The molecule has 2 atom stereocenters. The number of rotatable bonds is 13. The third-order valence-electron chi connectivity index (χ3n) is 6.89. The number of fused-ring (bicyclic) bond motifs is 1. The maximum absolute atomic E-state index is 11.8. The largest absolute Gasteiger partial charge is 0.463 e. The summed E-state index contributed by atoms with van der Waals surface area (Å²) in [6, 6.07) is 14.9. The fourth-order valence-electron chi connectivity index (χ4n) is 5.18. The summed E-state index contributed by atoms with van der Waals surface area (Å²) in [5, 5.41) is 14.3. The predicted octanol–water partition coefficient (Wildman–Crippen LogP) is 5.57. The fourth-order valence-corrected chi connectivity index (χ4v) is 5.18. The summed E-state index contributed by atoms with van der Waals surface area (Å²) in [5.41, 5.74) is 5.93. The maximum Gasteiger partial charge on any atom is 0.330 e. The van der Waals surface area contributed by atoms with Gasteiger partial charge < -0.3 is 19.9 Å². The number of aliphatic hydroxyl groups excluding tert-OH is 1. The van der Waals surface area contributed by atoms with Crippen molar-refractivity contribution in [2.45, 2.75) is 78.0 Å². The standard InChI is InChI=1S/C31H43NO4/c1-6-29(28-14-12-22(3)16-26(28)13-15-30(34)35-7-2)36-21-27(33)20-32-31(4,5)19-23-17-24-10-8-9-11-25(24)18-23/h8-16,23,27,29,32-33H,6-7,17-21H2,1-5H3/t27-,29-/m1/s1. The van der Waals surface area contributed by atoms with Gasteiger partial charge in [0.2, 0.25) is 0 Å². The molecule has 1 aliphatic carbocycles. The average Bonchev–Trinajstić information content (AvgIpc) is 3.24. The number of aliphatic hydroxyl groups is 1. The van der Waals surface area contributed by atoms with Crippen molar-refractivity contribution in [3.63, 3.8) is 0 Å². The van der Waals surface area contributed by atoms with E-state index in [1.807, 2.05) is 25.1 Å². The number of hydrogen-bond acceptors (Lipinski definition) is 5. The fraction of sp³-hybridized carbons (Fsp3) is 0.516. The van der Waals surface area contributed by atoms with Crippen molar-refractivity contribution in [1.29, 1.82) is 0 Å². The zero-order valence-electron chi connectivity index (χ0n) is 22.5. The lowest BCUT2D eigenvalue weighted by molar-refractivity contribution is -0.137. The Morgan fingerprint density at radius 1 is 1.17 bits per heavy atom. The topological polar surface area (TPSA) is 67.8 Å². The molecule has 1 aliphatic rings. The Morgan fingerprint density at radius 2 is 1.86 bits per heavy atom. The van der Waals surface area contributed by atoms with E-state index in [1.165, 1.54) is 17.2 Å². The zero-order chi connectivity index (χ0) is 26.1. The zero-order valence-corrected chi connectivity index (χ0v) is 22.5. The third-order valence-corrected chi connectivity index (χ3v) is 6.89. The molecule has 0 spiro atoms. The van der Waals surface area contributed by atoms with Crippen LogP contribution in [0.4, 0.5) is 0 Å². The predicted molar refractivity (Wildman–Crippen MR) is 146 cm³/mol. The van der Waals surface area contributed by atoms with E-state index in [-0.39, 0.29) is 24.2 Å². The van der Waals surface area contributed by atoms with Crippen molar-refractivity contribution in [3.05, 3.63) is 76.4 Å². The van der Waals surface area contributed by atoms with Gasteiger partial charge in [-0.2, -0.15) is 0 Å². The molecule has 5 nitrogen and oxygen atoms in total. The van der Waals surface area contributed by atoms with Crippen LogP contribution in [0, 0.1) is 12.8 Å². The van der Waals surface area contributed by atoms with Crippen LogP contribution in [0.5, 0.6) is 0 Å². The minimum atomic E-state index is -0.608. The monoisotopic (exact) mass is 493 g/mol. The van der Waals surface area contributed by atoms with Crippen LogP contribution in [0.15, 0.2) is 48.5 Å². The Morgan fingerprint density at radius 3 is 2.50 bits per heavy atom. The number of ether oxygens (including phenoxy) is 2. The molecule has 0 radical (unpaired) electrons. The number of benzene rings is 2. The average molecular weight is 494 g/mol. The number of aryl methyl sites for hydroxylation is 1. The smallest absolute Gasteiger partial charge is 0.330 e. The highest BCUT2D eigenvalue weighted by Crippen LogP contribution is 2.32. The first-order valence-corrected chi connectivity index (χ1v) is 13.3. The van der Waals surface area contributed by atoms with Crippen molar-refractivity contribution >= 4 is 12.0 Å². The summed E-state index contributed by atoms with van der Waals surface area (Å²) >= 11 is 0. The Hall–Kier alpha value is -2.47. The van der Waals surface area contributed by atoms with Crippen LogP contribution >= 0.6 is 0 Å². The summed E-state index contributed by atoms with van der Waals surface area (Å²) in [5.74, 6) is 0.273. The van der Waals surface area contributed by atoms with E-state index in [0.717, 1.165) is 42.4 Å². The van der Waals surface area contributed by atoms with Crippen LogP contribution in [-0.4, -0.2) is 42.5 Å². The van der Waals surface area contributed by atoms with Gasteiger partial charge in [-0.15, -0.1) is 0 Å². The lowest BCUT2D eigenvalue weighted by atomic mass is 9.88. The number of hydrogen-bond donors (Lipinski definition) is 2. The lowest BCUT2D eigenvalue weighted by Crippen LogP contribution is -2.45. The molecule has 0 saturated heterocycles. The molecule has 0 unspecified atom stereocenters. The van der Waals surface area contributed by atoms with Crippen molar-refractivity contribution in [2.24, 2.45) is 5.92 Å². The van der Waals surface area contributed by atoms with Gasteiger partial charge in [0, 0.05) is 18.2 Å². The van der Waals surface area contributed by atoms with Crippen molar-refractivity contribution < 1.29 is 19.4 Å². The highest BCUT2D eigenvalue weighted by atomic mass is 16.5. The van der Waals surface area contributed by atoms with Crippen LogP contribution in [0.25, 0.3) is 6.08 Å². The van der Waals surface area contributed by atoms with E-state index in [4.69, 9.17) is 9.47 Å². The van der Waals surface area contributed by atoms with E-state index in [0.29, 0.717) is 19.1 Å². The first-order valence-electron chi connectivity index (χ1n) is 13.3. The molecule has 5 heteroatoms. The number of carbonyl (C=O) groups excluding carboxylic acids is 1. The SMILES string of the molecule is CCOC(=O)C=Cc1cc(C)ccc1[C@@H](CC)OC[C@H](O)CNC(C)(C)CC1Cc2ccccc2C1. The molecule has 0 heterocycles. The molecule has 2 N–H and O–H groups in total. The molecule has 0 bridgehead atoms. The van der Waals surface area contributed by atoms with Gasteiger partial charge in [0.1, 0.15) is 0 Å². The van der Waals surface area contributed by atoms with Crippen LogP contribution < -0.4 is 5.32 Å². The van der Waals surface area contributed by atoms with Gasteiger partial charge in [0.15, 0.2) is 0 Å². The molecule has 0 saturated carbocycles. The molecule has 3 rings (SSSR count). The second kappa shape index (κ2) is 13.2. The van der Waals surface area contributed by atoms with Crippen molar-refractivity contribution in [3.8, 4) is 0 Å². The summed E-state index contributed by atoms with van der Waals surface area (Å²) in [6.07, 6.45) is 6.55. The Bertz CT molecular complexity index is 1000. The molecule has 2 aromatic rings. The number of β-amino-alcohol motifs (C(OH)–C–C–N with tert-alkyl or cyclic N) is 1. The van der Waals surface area contributed by atoms with Gasteiger partial charge >= 0.3 is 5.97 Å². The summed E-state index contributed by atoms with van der Waals surface area (Å²) in [6.45, 7) is 11.4. The first kappa shape index (κ1) is 28.1. The highest BCUT2D eigenvalue weighted by Gasteiger charge is 2.28. The van der Waals surface area contributed by atoms with Crippen LogP contribution in [-0.2, 0) is 27.1 Å². The van der Waals surface area contributed by atoms with Crippen molar-refractivity contribution in [1.82, 2.24) is 5.32 Å². The van der Waals surface area contributed by atoms with Gasteiger partial charge in [-0.1, -0.05) is 55.0 Å². The van der Waals surface area contributed by atoms with Crippen LogP contribution in [0.3, 0.4) is 0 Å². The van der Waals surface area contributed by atoms with E-state index >= 15 is 0 Å². The van der Waals surface area contributed by atoms with Crippen LogP contribution in [0.2, 0.25) is 0 Å². The Kier molecular flexibility index (Phi) is 10.3. The highest BCUT2D eigenvalue weighted by molar-refractivity contribution is 5.87. The van der Waals surface area contributed by atoms with Gasteiger partial charge in [-0.25, -0.2) is 4.79 Å². The Balaban J connectivity index is 1.52. The molecular formula is C31H43NO4. The Labute approximate surface area is 216 Å². The number of nitrogens with one attached hydrogen (secondary N) is 1. The van der Waals surface area contributed by atoms with E-state index < -0.39 is 6.10 Å². The van der Waals surface area contributed by atoms with Crippen molar-refractivity contribution in [2.75, 3.05) is 19.8 Å². The number of carbonyl (C=O) groups is 1. The molecule has 0 fully saturated rings. The molecule has 2 aromatic carbocycles. The van der Waals surface area contributed by atoms with Gasteiger partial charge in [-0.05, 0) is 87.6 Å². The molecule has 0 aliphatic heterocycles. The molecule has 0 aromatic heterocycles. The van der Waals surface area contributed by atoms with E-state index in [9.17, 15) is 9.90 Å². The quantitative estimate of drug-likeness (QED) is 0.282. The molecule has 0 amide bonds. The summed E-state index contributed by atoms with van der Waals surface area (Å²) in [7, 11) is 0. The maximum atomic E-state index is 11.8. The molecule has 196 valence electrons. The minimum absolute atomic E-state index is 0.0696. The second-order valence-electron chi connectivity index (χ2n) is 10.6. The van der Waals surface area contributed by atoms with Gasteiger partial charge in [-0.3, -0.25) is 0 Å². The lowest BCUT2D eigenvalue weighted by Gasteiger charge is -2.31. The van der Waals surface area contributed by atoms with Crippen LogP contribution in [0.1, 0.15) is 74.5 Å². The van der Waals surface area contributed by atoms with Gasteiger partial charge in [0.05, 0.1) is 25.4 Å². The third kappa shape index (κ3) is 8.29. The normalized spacial score (nSPS) is 15.7. The van der Waals surface area contributed by atoms with E-state index in [2.05, 4.69) is 50.4 Å². The first-order chi connectivity index (χ1) is 17.2.